The molecule has 1 saturated heterocycles. The van der Waals surface area contributed by atoms with Crippen LogP contribution in [0.4, 0.5) is 5.82 Å². The van der Waals surface area contributed by atoms with Gasteiger partial charge in [-0.3, -0.25) is 4.79 Å². The molecule has 0 atom stereocenters. The molecule has 6 nitrogen and oxygen atoms in total. The van der Waals surface area contributed by atoms with E-state index in [1.807, 2.05) is 47.4 Å². The van der Waals surface area contributed by atoms with Crippen molar-refractivity contribution in [3.05, 3.63) is 54.4 Å². The molecule has 0 aliphatic carbocycles. The van der Waals surface area contributed by atoms with Gasteiger partial charge in [-0.2, -0.15) is 5.10 Å². The monoisotopic (exact) mass is 321 g/mol. The zero-order chi connectivity index (χ0) is 16.4. The molecule has 0 saturated carbocycles. The Kier molecular flexibility index (Phi) is 3.86. The van der Waals surface area contributed by atoms with E-state index in [4.69, 9.17) is 0 Å². The summed E-state index contributed by atoms with van der Waals surface area (Å²) in [6.45, 7) is 3.09. The number of fused-ring (bicyclic) bond motifs is 1. The number of amides is 1. The third kappa shape index (κ3) is 2.82. The Morgan fingerprint density at radius 3 is 2.79 bits per heavy atom. The van der Waals surface area contributed by atoms with Crippen molar-refractivity contribution < 1.29 is 4.79 Å². The number of carbonyl (C=O) groups is 1. The summed E-state index contributed by atoms with van der Waals surface area (Å²) in [5.74, 6) is 0.935. The van der Waals surface area contributed by atoms with E-state index in [1.165, 1.54) is 0 Å². The molecule has 1 N–H and O–H groups in total. The Morgan fingerprint density at radius 2 is 1.96 bits per heavy atom. The zero-order valence-corrected chi connectivity index (χ0v) is 13.4. The van der Waals surface area contributed by atoms with Gasteiger partial charge in [0.05, 0.1) is 0 Å². The molecular weight excluding hydrogens is 302 g/mol. The van der Waals surface area contributed by atoms with Crippen molar-refractivity contribution >= 4 is 22.6 Å². The molecule has 3 heterocycles. The molecule has 24 heavy (non-hydrogen) atoms. The van der Waals surface area contributed by atoms with Crippen molar-refractivity contribution in [1.29, 1.82) is 0 Å². The first-order valence-corrected chi connectivity index (χ1v) is 8.21. The lowest BCUT2D eigenvalue weighted by Crippen LogP contribution is -2.35. The molecule has 0 bridgehead atoms. The van der Waals surface area contributed by atoms with Crippen molar-refractivity contribution in [1.82, 2.24) is 20.1 Å². The average Bonchev–Trinajstić information content (AvgIpc) is 2.91. The van der Waals surface area contributed by atoms with Gasteiger partial charge in [0.25, 0.3) is 5.91 Å². The van der Waals surface area contributed by atoms with Crippen LogP contribution in [0.2, 0.25) is 0 Å². The third-order valence-corrected chi connectivity index (χ3v) is 4.43. The number of H-pyrrole nitrogens is 1. The van der Waals surface area contributed by atoms with Gasteiger partial charge >= 0.3 is 0 Å². The van der Waals surface area contributed by atoms with E-state index in [1.54, 1.807) is 6.20 Å². The first-order valence-electron chi connectivity index (χ1n) is 8.21. The minimum atomic E-state index is 0.0622. The summed E-state index contributed by atoms with van der Waals surface area (Å²) in [7, 11) is 0. The fraction of sp³-hybridized carbons (Fsp3) is 0.278. The zero-order valence-electron chi connectivity index (χ0n) is 13.4. The predicted molar refractivity (Wildman–Crippen MR) is 93.1 cm³/mol. The Labute approximate surface area is 140 Å². The maximum atomic E-state index is 12.8. The van der Waals surface area contributed by atoms with Crippen LogP contribution in [-0.4, -0.2) is 52.2 Å². The van der Waals surface area contributed by atoms with Gasteiger partial charge in [0, 0.05) is 43.3 Å². The van der Waals surface area contributed by atoms with E-state index in [-0.39, 0.29) is 5.91 Å². The number of para-hydroxylation sites is 1. The van der Waals surface area contributed by atoms with Gasteiger partial charge < -0.3 is 14.8 Å². The highest BCUT2D eigenvalue weighted by atomic mass is 16.2. The van der Waals surface area contributed by atoms with E-state index < -0.39 is 0 Å². The van der Waals surface area contributed by atoms with Crippen molar-refractivity contribution in [2.75, 3.05) is 31.1 Å². The number of hydrogen-bond donors (Lipinski definition) is 1. The van der Waals surface area contributed by atoms with Crippen LogP contribution in [0.5, 0.6) is 0 Å². The van der Waals surface area contributed by atoms with E-state index in [0.29, 0.717) is 12.2 Å². The number of nitrogens with one attached hydrogen (secondary N) is 1. The standard InChI is InChI=1S/C18H19N5O/c24-18(16-13-14-5-1-2-6-15(14)20-16)23-10-4-9-22(11-12-23)17-7-3-8-19-21-17/h1-3,5-8,13,20H,4,9-12H2. The second kappa shape index (κ2) is 6.31. The molecular formula is C18H19N5O. The molecule has 4 rings (SSSR count). The van der Waals surface area contributed by atoms with Gasteiger partial charge in [-0.15, -0.1) is 5.10 Å². The fourth-order valence-corrected chi connectivity index (χ4v) is 3.17. The van der Waals surface area contributed by atoms with Crippen LogP contribution in [0.25, 0.3) is 10.9 Å². The number of aromatic nitrogens is 3. The Bertz CT molecular complexity index is 812. The molecule has 0 spiro atoms. The molecule has 0 radical (unpaired) electrons. The molecule has 1 aliphatic heterocycles. The van der Waals surface area contributed by atoms with E-state index in [2.05, 4.69) is 20.1 Å². The molecule has 1 aliphatic rings. The van der Waals surface area contributed by atoms with E-state index >= 15 is 0 Å². The second-order valence-corrected chi connectivity index (χ2v) is 5.98. The Balaban J connectivity index is 1.49. The van der Waals surface area contributed by atoms with Gasteiger partial charge in [-0.25, -0.2) is 0 Å². The highest BCUT2D eigenvalue weighted by Crippen LogP contribution is 2.18. The van der Waals surface area contributed by atoms with Gasteiger partial charge in [-0.05, 0) is 30.7 Å². The largest absolute Gasteiger partial charge is 0.353 e. The maximum Gasteiger partial charge on any atom is 0.270 e. The topological polar surface area (TPSA) is 65.1 Å². The summed E-state index contributed by atoms with van der Waals surface area (Å²) < 4.78 is 0. The van der Waals surface area contributed by atoms with Crippen molar-refractivity contribution in [2.24, 2.45) is 0 Å². The van der Waals surface area contributed by atoms with Gasteiger partial charge in [-0.1, -0.05) is 18.2 Å². The van der Waals surface area contributed by atoms with Crippen LogP contribution in [0.15, 0.2) is 48.7 Å². The molecule has 0 unspecified atom stereocenters. The van der Waals surface area contributed by atoms with Crippen molar-refractivity contribution in [3.8, 4) is 0 Å². The molecule has 1 fully saturated rings. The first-order chi connectivity index (χ1) is 11.8. The number of benzene rings is 1. The third-order valence-electron chi connectivity index (χ3n) is 4.43. The average molecular weight is 321 g/mol. The molecule has 2 aromatic heterocycles. The summed E-state index contributed by atoms with van der Waals surface area (Å²) >= 11 is 0. The van der Waals surface area contributed by atoms with Gasteiger partial charge in [0.2, 0.25) is 0 Å². The number of anilines is 1. The molecule has 1 amide bonds. The Hall–Kier alpha value is -2.89. The highest BCUT2D eigenvalue weighted by Gasteiger charge is 2.22. The minimum Gasteiger partial charge on any atom is -0.353 e. The minimum absolute atomic E-state index is 0.0622. The number of aromatic amines is 1. The second-order valence-electron chi connectivity index (χ2n) is 5.98. The summed E-state index contributed by atoms with van der Waals surface area (Å²) in [4.78, 5) is 20.1. The molecule has 122 valence electrons. The quantitative estimate of drug-likeness (QED) is 0.786. The lowest BCUT2D eigenvalue weighted by Gasteiger charge is -2.22. The summed E-state index contributed by atoms with van der Waals surface area (Å²) in [5, 5.41) is 9.17. The smallest absolute Gasteiger partial charge is 0.270 e. The predicted octanol–water partition coefficient (Wildman–Crippen LogP) is 2.31. The van der Waals surface area contributed by atoms with E-state index in [9.17, 15) is 4.79 Å². The van der Waals surface area contributed by atoms with Crippen LogP contribution < -0.4 is 4.90 Å². The highest BCUT2D eigenvalue weighted by molar-refractivity contribution is 5.98. The summed E-state index contributed by atoms with van der Waals surface area (Å²) in [6.07, 6.45) is 2.59. The first kappa shape index (κ1) is 14.7. The fourth-order valence-electron chi connectivity index (χ4n) is 3.17. The number of hydrogen-bond acceptors (Lipinski definition) is 4. The van der Waals surface area contributed by atoms with E-state index in [0.717, 1.165) is 42.8 Å². The SMILES string of the molecule is O=C(c1cc2ccccc2[nH]1)N1CCCN(c2cccnn2)CC1. The number of carbonyl (C=O) groups excluding carboxylic acids is 1. The molecule has 1 aromatic carbocycles. The maximum absolute atomic E-state index is 12.8. The lowest BCUT2D eigenvalue weighted by atomic mass is 10.2. The lowest BCUT2D eigenvalue weighted by molar-refractivity contribution is 0.0762. The van der Waals surface area contributed by atoms with Crippen molar-refractivity contribution in [3.63, 3.8) is 0 Å². The van der Waals surface area contributed by atoms with Crippen LogP contribution in [0.1, 0.15) is 16.9 Å². The van der Waals surface area contributed by atoms with Crippen LogP contribution in [0, 0.1) is 0 Å². The van der Waals surface area contributed by atoms with Crippen LogP contribution >= 0.6 is 0 Å². The summed E-state index contributed by atoms with van der Waals surface area (Å²) in [6, 6.07) is 13.7. The number of nitrogens with zero attached hydrogens (tertiary/aromatic N) is 4. The Morgan fingerprint density at radius 1 is 1.04 bits per heavy atom. The summed E-state index contributed by atoms with van der Waals surface area (Å²) in [5.41, 5.74) is 1.65. The molecule has 6 heteroatoms. The molecule has 3 aromatic rings. The van der Waals surface area contributed by atoms with Crippen molar-refractivity contribution in [2.45, 2.75) is 6.42 Å². The normalized spacial score (nSPS) is 15.5. The number of rotatable bonds is 2. The van der Waals surface area contributed by atoms with Crippen LogP contribution in [0.3, 0.4) is 0 Å². The van der Waals surface area contributed by atoms with Crippen LogP contribution in [-0.2, 0) is 0 Å². The van der Waals surface area contributed by atoms with Gasteiger partial charge in [0.15, 0.2) is 5.82 Å². The van der Waals surface area contributed by atoms with Gasteiger partial charge in [0.1, 0.15) is 5.69 Å².